The predicted octanol–water partition coefficient (Wildman–Crippen LogP) is 2.11. The molecule has 6 nitrogen and oxygen atoms in total. The molecule has 1 fully saturated rings. The lowest BCUT2D eigenvalue weighted by molar-refractivity contribution is -0.123. The molecule has 6 heteroatoms. The van der Waals surface area contributed by atoms with E-state index in [2.05, 4.69) is 10.3 Å². The Morgan fingerprint density at radius 1 is 1.19 bits per heavy atom. The maximum absolute atomic E-state index is 12.5. The molecule has 26 heavy (non-hydrogen) atoms. The maximum atomic E-state index is 12.5. The van der Waals surface area contributed by atoms with Crippen molar-refractivity contribution in [1.82, 2.24) is 15.2 Å². The highest BCUT2D eigenvalue weighted by Crippen LogP contribution is 2.14. The zero-order valence-corrected chi connectivity index (χ0v) is 15.1. The third-order valence-corrected chi connectivity index (χ3v) is 4.39. The van der Waals surface area contributed by atoms with Gasteiger partial charge < -0.3 is 15.0 Å². The minimum absolute atomic E-state index is 0.0324. The first-order valence-corrected chi connectivity index (χ1v) is 8.72. The van der Waals surface area contributed by atoms with Crippen LogP contribution in [0.1, 0.15) is 28.0 Å². The molecule has 3 rings (SSSR count). The van der Waals surface area contributed by atoms with Crippen LogP contribution >= 0.6 is 0 Å². The molecule has 136 valence electrons. The molecule has 2 heterocycles. The van der Waals surface area contributed by atoms with Gasteiger partial charge in [-0.3, -0.25) is 14.6 Å². The van der Waals surface area contributed by atoms with Crippen molar-refractivity contribution in [2.75, 3.05) is 19.7 Å². The summed E-state index contributed by atoms with van der Waals surface area (Å²) in [5.74, 6) is 0.438. The van der Waals surface area contributed by atoms with Gasteiger partial charge in [0.05, 0.1) is 5.56 Å². The Morgan fingerprint density at radius 3 is 2.65 bits per heavy atom. The van der Waals surface area contributed by atoms with E-state index >= 15 is 0 Å². The normalized spacial score (nSPS) is 16.4. The largest absolute Gasteiger partial charge is 0.484 e. The van der Waals surface area contributed by atoms with Crippen LogP contribution in [0.4, 0.5) is 0 Å². The molecule has 0 unspecified atom stereocenters. The van der Waals surface area contributed by atoms with Crippen molar-refractivity contribution < 1.29 is 14.3 Å². The van der Waals surface area contributed by atoms with E-state index in [9.17, 15) is 9.59 Å². The smallest absolute Gasteiger partial charge is 0.258 e. The third kappa shape index (κ3) is 4.59. The monoisotopic (exact) mass is 353 g/mol. The molecular weight excluding hydrogens is 330 g/mol. The number of amides is 2. The SMILES string of the molecule is Cc1ccc(OCC(=O)N[C@@H]2CCN(C(=O)c3ccc(C)nc3)C2)cc1. The minimum Gasteiger partial charge on any atom is -0.484 e. The van der Waals surface area contributed by atoms with E-state index < -0.39 is 0 Å². The van der Waals surface area contributed by atoms with E-state index in [4.69, 9.17) is 4.74 Å². The standard InChI is InChI=1S/C20H23N3O3/c1-14-3-7-18(8-4-14)26-13-19(24)22-17-9-10-23(12-17)20(25)16-6-5-15(2)21-11-16/h3-8,11,17H,9-10,12-13H2,1-2H3,(H,22,24)/t17-/m1/s1. The molecule has 0 saturated carbocycles. The number of likely N-dealkylation sites (tertiary alicyclic amines) is 1. The predicted molar refractivity (Wildman–Crippen MR) is 98.1 cm³/mol. The molecule has 2 aromatic rings. The lowest BCUT2D eigenvalue weighted by Gasteiger charge is -2.17. The summed E-state index contributed by atoms with van der Waals surface area (Å²) in [6, 6.07) is 11.1. The highest BCUT2D eigenvalue weighted by atomic mass is 16.5. The summed E-state index contributed by atoms with van der Waals surface area (Å²) >= 11 is 0. The fraction of sp³-hybridized carbons (Fsp3) is 0.350. The van der Waals surface area contributed by atoms with Gasteiger partial charge in [-0.05, 0) is 44.5 Å². The van der Waals surface area contributed by atoms with E-state index in [1.54, 1.807) is 17.2 Å². The molecule has 1 saturated heterocycles. The number of hydrogen-bond acceptors (Lipinski definition) is 4. The van der Waals surface area contributed by atoms with Crippen LogP contribution in [0.15, 0.2) is 42.6 Å². The van der Waals surface area contributed by atoms with Gasteiger partial charge in [0.15, 0.2) is 6.61 Å². The fourth-order valence-corrected chi connectivity index (χ4v) is 2.89. The van der Waals surface area contributed by atoms with Crippen LogP contribution in [-0.2, 0) is 4.79 Å². The third-order valence-electron chi connectivity index (χ3n) is 4.39. The molecule has 1 atom stereocenters. The molecule has 0 aliphatic carbocycles. The van der Waals surface area contributed by atoms with Crippen LogP contribution in [0.25, 0.3) is 0 Å². The highest BCUT2D eigenvalue weighted by Gasteiger charge is 2.28. The van der Waals surface area contributed by atoms with Gasteiger partial charge in [0.1, 0.15) is 5.75 Å². The molecule has 0 radical (unpaired) electrons. The summed E-state index contributed by atoms with van der Waals surface area (Å²) < 4.78 is 5.49. The average Bonchev–Trinajstić information content (AvgIpc) is 3.10. The summed E-state index contributed by atoms with van der Waals surface area (Å²) in [6.45, 7) is 4.97. The van der Waals surface area contributed by atoms with Crippen molar-refractivity contribution in [3.05, 3.63) is 59.4 Å². The number of benzene rings is 1. The van der Waals surface area contributed by atoms with Gasteiger partial charge >= 0.3 is 0 Å². The first-order chi connectivity index (χ1) is 12.5. The summed E-state index contributed by atoms with van der Waals surface area (Å²) in [5.41, 5.74) is 2.59. The molecule has 1 aromatic heterocycles. The Hall–Kier alpha value is -2.89. The van der Waals surface area contributed by atoms with Gasteiger partial charge in [-0.1, -0.05) is 17.7 Å². The van der Waals surface area contributed by atoms with Crippen molar-refractivity contribution >= 4 is 11.8 Å². The van der Waals surface area contributed by atoms with Gasteiger partial charge in [0.2, 0.25) is 0 Å². The molecule has 2 amide bonds. The molecular formula is C20H23N3O3. The van der Waals surface area contributed by atoms with Crippen molar-refractivity contribution in [3.8, 4) is 5.75 Å². The highest BCUT2D eigenvalue weighted by molar-refractivity contribution is 5.94. The van der Waals surface area contributed by atoms with E-state index in [-0.39, 0.29) is 24.5 Å². The first-order valence-electron chi connectivity index (χ1n) is 8.72. The van der Waals surface area contributed by atoms with Gasteiger partial charge in [0.25, 0.3) is 11.8 Å². The molecule has 1 aliphatic rings. The van der Waals surface area contributed by atoms with Gasteiger partial charge in [-0.15, -0.1) is 0 Å². The number of rotatable bonds is 5. The van der Waals surface area contributed by atoms with Crippen LogP contribution in [0, 0.1) is 13.8 Å². The molecule has 0 spiro atoms. The second-order valence-corrected chi connectivity index (χ2v) is 6.59. The zero-order chi connectivity index (χ0) is 18.5. The number of aryl methyl sites for hydroxylation is 2. The van der Waals surface area contributed by atoms with Gasteiger partial charge in [-0.2, -0.15) is 0 Å². The summed E-state index contributed by atoms with van der Waals surface area (Å²) in [6.07, 6.45) is 2.33. The van der Waals surface area contributed by atoms with Crippen molar-refractivity contribution in [2.45, 2.75) is 26.3 Å². The van der Waals surface area contributed by atoms with Crippen LogP contribution < -0.4 is 10.1 Å². The Bertz CT molecular complexity index is 772. The number of aromatic nitrogens is 1. The molecule has 1 aromatic carbocycles. The van der Waals surface area contributed by atoms with E-state index in [1.807, 2.05) is 44.2 Å². The number of carbonyl (C=O) groups is 2. The molecule has 1 aliphatic heterocycles. The van der Waals surface area contributed by atoms with Crippen LogP contribution in [-0.4, -0.2) is 47.4 Å². The lowest BCUT2D eigenvalue weighted by Crippen LogP contribution is -2.40. The number of nitrogens with zero attached hydrogens (tertiary/aromatic N) is 2. The minimum atomic E-state index is -0.179. The Kier molecular flexibility index (Phi) is 5.51. The number of pyridine rings is 1. The second kappa shape index (κ2) is 7.99. The lowest BCUT2D eigenvalue weighted by atomic mass is 10.2. The summed E-state index contributed by atoms with van der Waals surface area (Å²) in [5, 5.41) is 2.93. The fourth-order valence-electron chi connectivity index (χ4n) is 2.89. The summed E-state index contributed by atoms with van der Waals surface area (Å²) in [7, 11) is 0. The Labute approximate surface area is 153 Å². The molecule has 0 bridgehead atoms. The van der Waals surface area contributed by atoms with E-state index in [1.165, 1.54) is 0 Å². The second-order valence-electron chi connectivity index (χ2n) is 6.59. The Balaban J connectivity index is 1.46. The van der Waals surface area contributed by atoms with Crippen molar-refractivity contribution in [3.63, 3.8) is 0 Å². The van der Waals surface area contributed by atoms with Crippen molar-refractivity contribution in [2.24, 2.45) is 0 Å². The van der Waals surface area contributed by atoms with Gasteiger partial charge in [0, 0.05) is 31.0 Å². The number of ether oxygens (including phenoxy) is 1. The van der Waals surface area contributed by atoms with E-state index in [0.29, 0.717) is 24.4 Å². The number of nitrogens with one attached hydrogen (secondary N) is 1. The topological polar surface area (TPSA) is 71.5 Å². The summed E-state index contributed by atoms with van der Waals surface area (Å²) in [4.78, 5) is 30.5. The van der Waals surface area contributed by atoms with Crippen LogP contribution in [0.3, 0.4) is 0 Å². The Morgan fingerprint density at radius 2 is 1.96 bits per heavy atom. The quantitative estimate of drug-likeness (QED) is 0.894. The maximum Gasteiger partial charge on any atom is 0.258 e. The van der Waals surface area contributed by atoms with Crippen LogP contribution in [0.2, 0.25) is 0 Å². The van der Waals surface area contributed by atoms with Gasteiger partial charge in [-0.25, -0.2) is 0 Å². The number of hydrogen-bond donors (Lipinski definition) is 1. The molecule has 1 N–H and O–H groups in total. The van der Waals surface area contributed by atoms with E-state index in [0.717, 1.165) is 17.7 Å². The zero-order valence-electron chi connectivity index (χ0n) is 15.1. The average molecular weight is 353 g/mol. The van der Waals surface area contributed by atoms with Crippen molar-refractivity contribution in [1.29, 1.82) is 0 Å². The first kappa shape index (κ1) is 17.9. The van der Waals surface area contributed by atoms with Crippen LogP contribution in [0.5, 0.6) is 5.75 Å². The number of carbonyl (C=O) groups excluding carboxylic acids is 2.